The van der Waals surface area contributed by atoms with Crippen molar-refractivity contribution in [3.63, 3.8) is 0 Å². The minimum Gasteiger partial charge on any atom is -0.397 e. The van der Waals surface area contributed by atoms with Crippen molar-refractivity contribution in [3.8, 4) is 0 Å². The van der Waals surface area contributed by atoms with E-state index in [-0.39, 0.29) is 6.10 Å². The smallest absolute Gasteiger partial charge is 0.0715 e. The third-order valence-corrected chi connectivity index (χ3v) is 4.22. The molecule has 4 bridgehead atoms. The summed E-state index contributed by atoms with van der Waals surface area (Å²) in [5, 5.41) is 13.2. The first kappa shape index (κ1) is 10.9. The third-order valence-electron chi connectivity index (χ3n) is 4.22. The minimum absolute atomic E-state index is 0.250. The van der Waals surface area contributed by atoms with Gasteiger partial charge in [0.05, 0.1) is 17.5 Å². The molecule has 0 radical (unpaired) electrons. The predicted molar refractivity (Wildman–Crippen MR) is 70.0 cm³/mol. The highest BCUT2D eigenvalue weighted by Crippen LogP contribution is 2.42. The summed E-state index contributed by atoms with van der Waals surface area (Å²) < 4.78 is 0. The Bertz CT molecular complexity index is 419. The summed E-state index contributed by atoms with van der Waals surface area (Å²) in [4.78, 5) is 0. The summed E-state index contributed by atoms with van der Waals surface area (Å²) in [6.45, 7) is 0.606. The van der Waals surface area contributed by atoms with Gasteiger partial charge in [-0.3, -0.25) is 0 Å². The zero-order valence-electron chi connectivity index (χ0n) is 10.0. The van der Waals surface area contributed by atoms with E-state index in [0.717, 1.165) is 17.8 Å². The van der Waals surface area contributed by atoms with Crippen molar-refractivity contribution < 1.29 is 5.11 Å². The van der Waals surface area contributed by atoms with Gasteiger partial charge in [-0.15, -0.1) is 0 Å². The molecule has 2 aliphatic rings. The second-order valence-corrected chi connectivity index (χ2v) is 5.49. The average molecular weight is 232 g/mol. The zero-order chi connectivity index (χ0) is 11.8. The topological polar surface area (TPSA) is 58.3 Å². The van der Waals surface area contributed by atoms with Crippen LogP contribution >= 0.6 is 0 Å². The van der Waals surface area contributed by atoms with Crippen LogP contribution in [0.25, 0.3) is 0 Å². The number of aliphatic hydroxyl groups excluding tert-OH is 1. The highest BCUT2D eigenvalue weighted by molar-refractivity contribution is 5.67. The van der Waals surface area contributed by atoms with E-state index in [1.54, 1.807) is 0 Å². The number of anilines is 2. The van der Waals surface area contributed by atoms with E-state index in [4.69, 9.17) is 5.73 Å². The van der Waals surface area contributed by atoms with Gasteiger partial charge in [0.2, 0.25) is 0 Å². The Morgan fingerprint density at radius 3 is 3.00 bits per heavy atom. The molecule has 1 aromatic rings. The second-order valence-electron chi connectivity index (χ2n) is 5.49. The molecule has 3 rings (SSSR count). The van der Waals surface area contributed by atoms with E-state index in [1.165, 1.54) is 24.8 Å². The summed E-state index contributed by atoms with van der Waals surface area (Å²) in [6.07, 6.45) is 4.40. The molecular weight excluding hydrogens is 212 g/mol. The zero-order valence-corrected chi connectivity index (χ0v) is 10.0. The maximum absolute atomic E-state index is 9.97. The molecule has 3 nitrogen and oxygen atoms in total. The molecule has 0 spiro atoms. The lowest BCUT2D eigenvalue weighted by Gasteiger charge is -2.21. The van der Waals surface area contributed by atoms with Crippen molar-refractivity contribution in [2.45, 2.75) is 37.7 Å². The highest BCUT2D eigenvalue weighted by atomic mass is 16.3. The summed E-state index contributed by atoms with van der Waals surface area (Å²) in [5.74, 6) is 1.35. The Kier molecular flexibility index (Phi) is 2.71. The van der Waals surface area contributed by atoms with Crippen LogP contribution in [0.3, 0.4) is 0 Å². The van der Waals surface area contributed by atoms with E-state index >= 15 is 0 Å². The van der Waals surface area contributed by atoms with Gasteiger partial charge in [0, 0.05) is 6.54 Å². The van der Waals surface area contributed by atoms with Crippen LogP contribution < -0.4 is 11.1 Å². The fourth-order valence-electron chi connectivity index (χ4n) is 3.27. The quantitative estimate of drug-likeness (QED) is 0.602. The number of rotatable bonds is 0. The van der Waals surface area contributed by atoms with Gasteiger partial charge in [0.1, 0.15) is 0 Å². The minimum atomic E-state index is -0.250. The van der Waals surface area contributed by atoms with Crippen LogP contribution in [0.4, 0.5) is 11.4 Å². The Balaban J connectivity index is 1.96. The Morgan fingerprint density at radius 1 is 1.24 bits per heavy atom. The van der Waals surface area contributed by atoms with Crippen molar-refractivity contribution in [3.05, 3.63) is 23.8 Å². The first-order chi connectivity index (χ1) is 8.22. The van der Waals surface area contributed by atoms with Crippen molar-refractivity contribution in [1.29, 1.82) is 0 Å². The molecule has 3 heteroatoms. The summed E-state index contributed by atoms with van der Waals surface area (Å²) >= 11 is 0. The SMILES string of the molecule is Nc1ccc2cc1NCC(O)CC1CCC2C1. The largest absolute Gasteiger partial charge is 0.397 e. The van der Waals surface area contributed by atoms with Crippen LogP contribution in [0.15, 0.2) is 18.2 Å². The van der Waals surface area contributed by atoms with Gasteiger partial charge in [0.15, 0.2) is 0 Å². The number of fused-ring (bicyclic) bond motifs is 5. The van der Waals surface area contributed by atoms with E-state index in [0.29, 0.717) is 18.4 Å². The van der Waals surface area contributed by atoms with Crippen LogP contribution in [0.2, 0.25) is 0 Å². The molecule has 1 saturated carbocycles. The lowest BCUT2D eigenvalue weighted by Crippen LogP contribution is -2.23. The van der Waals surface area contributed by atoms with Gasteiger partial charge >= 0.3 is 0 Å². The average Bonchev–Trinajstić information content (AvgIpc) is 2.75. The molecule has 17 heavy (non-hydrogen) atoms. The van der Waals surface area contributed by atoms with Crippen molar-refractivity contribution in [2.24, 2.45) is 5.92 Å². The molecule has 0 amide bonds. The van der Waals surface area contributed by atoms with Gasteiger partial charge in [-0.05, 0) is 55.2 Å². The molecule has 1 aliphatic heterocycles. The first-order valence-corrected chi connectivity index (χ1v) is 6.53. The fraction of sp³-hybridized carbons (Fsp3) is 0.571. The maximum atomic E-state index is 9.97. The summed E-state index contributed by atoms with van der Waals surface area (Å²) in [6, 6.07) is 6.31. The molecule has 1 fully saturated rings. The van der Waals surface area contributed by atoms with Gasteiger partial charge < -0.3 is 16.2 Å². The highest BCUT2D eigenvalue weighted by Gasteiger charge is 2.28. The lowest BCUT2D eigenvalue weighted by molar-refractivity contribution is 0.154. The Morgan fingerprint density at radius 2 is 2.12 bits per heavy atom. The number of aliphatic hydroxyl groups is 1. The maximum Gasteiger partial charge on any atom is 0.0715 e. The molecule has 4 N–H and O–H groups in total. The van der Waals surface area contributed by atoms with Gasteiger partial charge in [-0.25, -0.2) is 0 Å². The molecule has 3 atom stereocenters. The summed E-state index contributed by atoms with van der Waals surface area (Å²) in [5.41, 5.74) is 9.10. The number of hydrogen-bond acceptors (Lipinski definition) is 3. The van der Waals surface area contributed by atoms with Crippen molar-refractivity contribution >= 4 is 11.4 Å². The third kappa shape index (κ3) is 2.12. The van der Waals surface area contributed by atoms with E-state index in [2.05, 4.69) is 17.4 Å². The van der Waals surface area contributed by atoms with Crippen LogP contribution in [-0.4, -0.2) is 17.8 Å². The van der Waals surface area contributed by atoms with Crippen molar-refractivity contribution in [1.82, 2.24) is 0 Å². The molecule has 1 heterocycles. The van der Waals surface area contributed by atoms with E-state index < -0.39 is 0 Å². The van der Waals surface area contributed by atoms with Crippen LogP contribution in [-0.2, 0) is 0 Å². The molecule has 1 aliphatic carbocycles. The molecule has 92 valence electrons. The van der Waals surface area contributed by atoms with Gasteiger partial charge in [-0.2, -0.15) is 0 Å². The van der Waals surface area contributed by atoms with Crippen LogP contribution in [0, 0.1) is 5.92 Å². The number of hydrogen-bond donors (Lipinski definition) is 3. The number of nitrogens with one attached hydrogen (secondary N) is 1. The molecule has 0 saturated heterocycles. The standard InChI is InChI=1S/C14H20N2O/c15-13-4-3-11-7-14(13)16-8-12(17)6-9-1-2-10(11)5-9/h3-4,7,9-10,12,16-17H,1-2,5-6,8,15H2. The molecular formula is C14H20N2O. The van der Waals surface area contributed by atoms with Gasteiger partial charge in [-0.1, -0.05) is 6.07 Å². The number of nitrogen functional groups attached to an aromatic ring is 1. The number of β-amino-alcohol motifs (C(OH)–C–C–N with tert-alkyl or cyclic N) is 1. The predicted octanol–water partition coefficient (Wildman–Crippen LogP) is 2.33. The van der Waals surface area contributed by atoms with E-state index in [1.807, 2.05) is 6.07 Å². The number of benzene rings is 1. The van der Waals surface area contributed by atoms with Crippen LogP contribution in [0.1, 0.15) is 37.2 Å². The van der Waals surface area contributed by atoms with Crippen molar-refractivity contribution in [2.75, 3.05) is 17.6 Å². The number of nitrogens with two attached hydrogens (primary N) is 1. The Labute approximate surface area is 102 Å². The van der Waals surface area contributed by atoms with E-state index in [9.17, 15) is 5.11 Å². The lowest BCUT2D eigenvalue weighted by atomic mass is 9.92. The van der Waals surface area contributed by atoms with Gasteiger partial charge in [0.25, 0.3) is 0 Å². The molecule has 3 unspecified atom stereocenters. The summed E-state index contributed by atoms with van der Waals surface area (Å²) in [7, 11) is 0. The fourth-order valence-corrected chi connectivity index (χ4v) is 3.27. The molecule has 0 aromatic heterocycles. The first-order valence-electron chi connectivity index (χ1n) is 6.53. The normalized spacial score (nSPS) is 31.9. The van der Waals surface area contributed by atoms with Crippen LogP contribution in [0.5, 0.6) is 0 Å². The monoisotopic (exact) mass is 232 g/mol. The Hall–Kier alpha value is -1.22. The molecule has 1 aromatic carbocycles. The second kappa shape index (κ2) is 4.22.